The van der Waals surface area contributed by atoms with Crippen LogP contribution in [0.15, 0.2) is 36.5 Å². The Morgan fingerprint density at radius 2 is 2.03 bits per heavy atom. The molecule has 4 N–H and O–H groups in total. The summed E-state index contributed by atoms with van der Waals surface area (Å²) < 4.78 is 31.2. The highest BCUT2D eigenvalue weighted by Gasteiger charge is 2.18. The largest absolute Gasteiger partial charge is 0.491 e. The molecular weight excluding hydrogens is 392 g/mol. The van der Waals surface area contributed by atoms with Gasteiger partial charge in [0.1, 0.15) is 11.6 Å². The normalized spacial score (nSPS) is 14.5. The van der Waals surface area contributed by atoms with Gasteiger partial charge in [0, 0.05) is 12.7 Å². The molecule has 9 heteroatoms. The highest BCUT2D eigenvalue weighted by Crippen LogP contribution is 2.31. The van der Waals surface area contributed by atoms with Crippen molar-refractivity contribution in [2.75, 3.05) is 22.9 Å². The van der Waals surface area contributed by atoms with Gasteiger partial charge in [-0.05, 0) is 48.6 Å². The van der Waals surface area contributed by atoms with Crippen molar-refractivity contribution in [3.63, 3.8) is 0 Å². The first-order valence-corrected chi connectivity index (χ1v) is 11.4. The first-order chi connectivity index (χ1) is 13.8. The van der Waals surface area contributed by atoms with Crippen molar-refractivity contribution in [3.05, 3.63) is 47.7 Å². The fraction of sp³-hybridized carbons (Fsp3) is 0.400. The first-order valence-electron chi connectivity index (χ1n) is 9.54. The SMILES string of the molecule is CS(=O)(=O)Nc1cc(CNc2c(OCC3CCCC3)cccc2C(N)=O)ccn1. The number of amides is 1. The van der Waals surface area contributed by atoms with Crippen molar-refractivity contribution in [1.29, 1.82) is 0 Å². The number of ether oxygens (including phenoxy) is 1. The second kappa shape index (κ2) is 9.13. The zero-order valence-electron chi connectivity index (χ0n) is 16.3. The van der Waals surface area contributed by atoms with Gasteiger partial charge in [-0.25, -0.2) is 13.4 Å². The van der Waals surface area contributed by atoms with Gasteiger partial charge < -0.3 is 15.8 Å². The average Bonchev–Trinajstić information content (AvgIpc) is 3.17. The number of sulfonamides is 1. The van der Waals surface area contributed by atoms with Gasteiger partial charge in [-0.3, -0.25) is 9.52 Å². The van der Waals surface area contributed by atoms with E-state index < -0.39 is 15.9 Å². The molecule has 0 spiro atoms. The molecular formula is C20H26N4O4S. The van der Waals surface area contributed by atoms with Gasteiger partial charge in [0.2, 0.25) is 10.0 Å². The predicted molar refractivity (Wildman–Crippen MR) is 112 cm³/mol. The summed E-state index contributed by atoms with van der Waals surface area (Å²) in [5.41, 5.74) is 7.21. The average molecular weight is 419 g/mol. The molecule has 0 unspecified atom stereocenters. The van der Waals surface area contributed by atoms with Crippen LogP contribution in [0.25, 0.3) is 0 Å². The van der Waals surface area contributed by atoms with Crippen molar-refractivity contribution in [2.24, 2.45) is 11.7 Å². The van der Waals surface area contributed by atoms with E-state index in [9.17, 15) is 13.2 Å². The van der Waals surface area contributed by atoms with E-state index in [1.165, 1.54) is 19.0 Å². The van der Waals surface area contributed by atoms with Crippen molar-refractivity contribution in [1.82, 2.24) is 4.98 Å². The van der Waals surface area contributed by atoms with Crippen LogP contribution in [-0.4, -0.2) is 32.2 Å². The second-order valence-electron chi connectivity index (χ2n) is 7.28. The summed E-state index contributed by atoms with van der Waals surface area (Å²) in [5.74, 6) is 0.794. The minimum atomic E-state index is -3.42. The molecule has 156 valence electrons. The van der Waals surface area contributed by atoms with E-state index in [1.54, 1.807) is 24.3 Å². The molecule has 3 rings (SSSR count). The molecule has 1 aromatic heterocycles. The van der Waals surface area contributed by atoms with Crippen LogP contribution in [-0.2, 0) is 16.6 Å². The number of carbonyl (C=O) groups is 1. The lowest BCUT2D eigenvalue weighted by Crippen LogP contribution is -2.16. The Morgan fingerprint density at radius 1 is 1.28 bits per heavy atom. The maximum absolute atomic E-state index is 11.9. The summed E-state index contributed by atoms with van der Waals surface area (Å²) in [4.78, 5) is 15.9. The molecule has 2 aromatic rings. The van der Waals surface area contributed by atoms with Crippen LogP contribution >= 0.6 is 0 Å². The molecule has 0 bridgehead atoms. The van der Waals surface area contributed by atoms with E-state index in [2.05, 4.69) is 15.0 Å². The fourth-order valence-electron chi connectivity index (χ4n) is 3.44. The van der Waals surface area contributed by atoms with Crippen LogP contribution in [0.5, 0.6) is 5.75 Å². The Morgan fingerprint density at radius 3 is 2.72 bits per heavy atom. The van der Waals surface area contributed by atoms with Gasteiger partial charge in [0.15, 0.2) is 0 Å². The Labute approximate surface area is 170 Å². The van der Waals surface area contributed by atoms with Crippen LogP contribution in [0, 0.1) is 5.92 Å². The van der Waals surface area contributed by atoms with Crippen molar-refractivity contribution < 1.29 is 17.9 Å². The number of primary amides is 1. The number of nitrogens with two attached hydrogens (primary N) is 1. The minimum Gasteiger partial charge on any atom is -0.491 e. The second-order valence-corrected chi connectivity index (χ2v) is 9.03. The number of pyridine rings is 1. The third-order valence-corrected chi connectivity index (χ3v) is 5.40. The summed E-state index contributed by atoms with van der Waals surface area (Å²) in [5, 5.41) is 3.21. The minimum absolute atomic E-state index is 0.229. The lowest BCUT2D eigenvalue weighted by Gasteiger charge is -2.18. The third kappa shape index (κ3) is 6.08. The van der Waals surface area contributed by atoms with Gasteiger partial charge in [-0.15, -0.1) is 0 Å². The molecule has 1 aromatic carbocycles. The summed E-state index contributed by atoms with van der Waals surface area (Å²) >= 11 is 0. The standard InChI is InChI=1S/C20H26N4O4S/c1-29(26,27)24-18-11-15(9-10-22-18)12-23-19-16(20(21)25)7-4-8-17(19)28-13-14-5-2-3-6-14/h4,7-11,14,23H,2-3,5-6,12-13H2,1H3,(H2,21,25)(H,22,24). The number of anilines is 2. The lowest BCUT2D eigenvalue weighted by atomic mass is 10.1. The van der Waals surface area contributed by atoms with Gasteiger partial charge in [-0.2, -0.15) is 0 Å². The monoisotopic (exact) mass is 418 g/mol. The van der Waals surface area contributed by atoms with Crippen LogP contribution in [0.2, 0.25) is 0 Å². The molecule has 1 amide bonds. The summed E-state index contributed by atoms with van der Waals surface area (Å²) in [6.07, 6.45) is 7.36. The third-order valence-electron chi connectivity index (χ3n) is 4.82. The summed E-state index contributed by atoms with van der Waals surface area (Å²) in [6, 6.07) is 8.59. The maximum atomic E-state index is 11.9. The van der Waals surface area contributed by atoms with Crippen molar-refractivity contribution in [2.45, 2.75) is 32.2 Å². The van der Waals surface area contributed by atoms with E-state index in [4.69, 9.17) is 10.5 Å². The van der Waals surface area contributed by atoms with Gasteiger partial charge >= 0.3 is 0 Å². The van der Waals surface area contributed by atoms with Crippen LogP contribution < -0.4 is 20.5 Å². The number of nitrogens with one attached hydrogen (secondary N) is 2. The van der Waals surface area contributed by atoms with Gasteiger partial charge in [-0.1, -0.05) is 18.9 Å². The maximum Gasteiger partial charge on any atom is 0.250 e. The van der Waals surface area contributed by atoms with E-state index in [0.717, 1.165) is 24.7 Å². The molecule has 0 atom stereocenters. The Bertz CT molecular complexity index is 972. The Balaban J connectivity index is 1.76. The summed E-state index contributed by atoms with van der Waals surface area (Å²) in [6.45, 7) is 0.944. The zero-order chi connectivity index (χ0) is 20.9. The molecule has 1 fully saturated rings. The zero-order valence-corrected chi connectivity index (χ0v) is 17.2. The smallest absolute Gasteiger partial charge is 0.250 e. The number of hydrogen-bond acceptors (Lipinski definition) is 6. The number of nitrogens with zero attached hydrogens (tertiary/aromatic N) is 1. The topological polar surface area (TPSA) is 123 Å². The molecule has 1 aliphatic rings. The van der Waals surface area contributed by atoms with E-state index in [-0.39, 0.29) is 5.82 Å². The molecule has 0 saturated heterocycles. The highest BCUT2D eigenvalue weighted by molar-refractivity contribution is 7.92. The van der Waals surface area contributed by atoms with E-state index in [1.807, 2.05) is 6.07 Å². The van der Waals surface area contributed by atoms with Crippen LogP contribution in [0.4, 0.5) is 11.5 Å². The molecule has 1 heterocycles. The number of carbonyl (C=O) groups excluding carboxylic acids is 1. The Hall–Kier alpha value is -2.81. The summed E-state index contributed by atoms with van der Waals surface area (Å²) in [7, 11) is -3.42. The van der Waals surface area contributed by atoms with Crippen LogP contribution in [0.1, 0.15) is 41.6 Å². The number of rotatable bonds is 9. The molecule has 0 radical (unpaired) electrons. The van der Waals surface area contributed by atoms with E-state index in [0.29, 0.717) is 36.1 Å². The van der Waals surface area contributed by atoms with Crippen molar-refractivity contribution >= 4 is 27.4 Å². The quantitative estimate of drug-likeness (QED) is 0.575. The van der Waals surface area contributed by atoms with Crippen LogP contribution in [0.3, 0.4) is 0 Å². The highest BCUT2D eigenvalue weighted by atomic mass is 32.2. The molecule has 0 aliphatic heterocycles. The number of benzene rings is 1. The molecule has 8 nitrogen and oxygen atoms in total. The lowest BCUT2D eigenvalue weighted by molar-refractivity contribution is 0.100. The number of aromatic nitrogens is 1. The Kier molecular flexibility index (Phi) is 6.58. The molecule has 1 aliphatic carbocycles. The number of hydrogen-bond donors (Lipinski definition) is 3. The first kappa shape index (κ1) is 20.9. The fourth-order valence-corrected chi connectivity index (χ4v) is 3.94. The van der Waals surface area contributed by atoms with E-state index >= 15 is 0 Å². The predicted octanol–water partition coefficient (Wildman–Crippen LogP) is 2.73. The van der Waals surface area contributed by atoms with Crippen molar-refractivity contribution in [3.8, 4) is 5.75 Å². The molecule has 1 saturated carbocycles. The van der Waals surface area contributed by atoms with Gasteiger partial charge in [0.05, 0.1) is 24.1 Å². The number of para-hydroxylation sites is 1. The van der Waals surface area contributed by atoms with Gasteiger partial charge in [0.25, 0.3) is 5.91 Å². The molecule has 29 heavy (non-hydrogen) atoms.